The topological polar surface area (TPSA) is 38.3 Å². The maximum Gasteiger partial charge on any atom is 0.192 e. The Morgan fingerprint density at radius 1 is 1.50 bits per heavy atom. The van der Waals surface area contributed by atoms with Crippen molar-refractivity contribution in [1.29, 1.82) is 0 Å². The number of carbonyl (C=O) groups is 1. The van der Waals surface area contributed by atoms with Crippen molar-refractivity contribution >= 4 is 14.1 Å². The second kappa shape index (κ2) is 4.81. The second-order valence-corrected chi connectivity index (χ2v) is 10.7. The second-order valence-electron chi connectivity index (χ2n) is 5.88. The molecule has 1 aliphatic rings. The molecule has 0 unspecified atom stereocenters. The summed E-state index contributed by atoms with van der Waals surface area (Å²) < 4.78 is 6.08. The molecule has 0 saturated carbocycles. The third-order valence-corrected chi connectivity index (χ3v) is 7.98. The van der Waals surface area contributed by atoms with E-state index in [1.54, 1.807) is 6.08 Å². The minimum absolute atomic E-state index is 0.142. The molecule has 92 valence electrons. The molecule has 1 N–H and O–H groups in total. The Morgan fingerprint density at radius 2 is 2.12 bits per heavy atom. The lowest BCUT2D eigenvalue weighted by Gasteiger charge is -2.37. The molecule has 0 aromatic carbocycles. The van der Waals surface area contributed by atoms with E-state index in [4.69, 9.17) is 4.43 Å². The van der Waals surface area contributed by atoms with Crippen molar-refractivity contribution in [1.82, 2.24) is 5.32 Å². The number of hydrogen-bond donors (Lipinski definition) is 1. The Kier molecular flexibility index (Phi) is 4.10. The monoisotopic (exact) mass is 241 g/mol. The molecule has 1 atom stereocenters. The van der Waals surface area contributed by atoms with Gasteiger partial charge < -0.3 is 9.74 Å². The van der Waals surface area contributed by atoms with Gasteiger partial charge in [-0.05, 0) is 24.2 Å². The van der Waals surface area contributed by atoms with Gasteiger partial charge in [0.05, 0.1) is 13.2 Å². The Labute approximate surface area is 99.4 Å². The number of ketones is 1. The van der Waals surface area contributed by atoms with Gasteiger partial charge in [0.1, 0.15) is 0 Å². The van der Waals surface area contributed by atoms with Crippen LogP contribution in [0.3, 0.4) is 0 Å². The lowest BCUT2D eigenvalue weighted by atomic mass is 10.2. The predicted octanol–water partition coefficient (Wildman–Crippen LogP) is 2.11. The van der Waals surface area contributed by atoms with Gasteiger partial charge in [0.25, 0.3) is 0 Å². The molecular weight excluding hydrogens is 218 g/mol. The summed E-state index contributed by atoms with van der Waals surface area (Å²) in [5.74, 6) is 0.142. The van der Waals surface area contributed by atoms with Crippen molar-refractivity contribution in [2.24, 2.45) is 0 Å². The van der Waals surface area contributed by atoms with Crippen LogP contribution in [0.4, 0.5) is 0 Å². The summed E-state index contributed by atoms with van der Waals surface area (Å²) in [5, 5.41) is 3.39. The lowest BCUT2D eigenvalue weighted by molar-refractivity contribution is -0.114. The SMILES string of the molecule is CC(C)(C)[Si](C)(C)OC[C@@H]1C=CC(=O)CN1. The Morgan fingerprint density at radius 3 is 2.56 bits per heavy atom. The van der Waals surface area contributed by atoms with Crippen molar-refractivity contribution in [3.8, 4) is 0 Å². The summed E-state index contributed by atoms with van der Waals surface area (Å²) in [6, 6.07) is 0.187. The number of nitrogens with one attached hydrogen (secondary N) is 1. The van der Waals surface area contributed by atoms with Crippen LogP contribution in [0.25, 0.3) is 0 Å². The van der Waals surface area contributed by atoms with E-state index in [1.165, 1.54) is 0 Å². The zero-order chi connectivity index (χ0) is 12.4. The summed E-state index contributed by atoms with van der Waals surface area (Å²) >= 11 is 0. The highest BCUT2D eigenvalue weighted by atomic mass is 28.4. The van der Waals surface area contributed by atoms with Gasteiger partial charge in [-0.2, -0.15) is 0 Å². The molecule has 1 aliphatic heterocycles. The summed E-state index contributed by atoms with van der Waals surface area (Å²) in [6.07, 6.45) is 3.55. The van der Waals surface area contributed by atoms with Crippen LogP contribution in [0.1, 0.15) is 20.8 Å². The molecule has 0 aliphatic carbocycles. The first kappa shape index (κ1) is 13.6. The van der Waals surface area contributed by atoms with E-state index < -0.39 is 8.32 Å². The van der Waals surface area contributed by atoms with Gasteiger partial charge in [-0.1, -0.05) is 26.8 Å². The van der Waals surface area contributed by atoms with E-state index >= 15 is 0 Å². The summed E-state index contributed by atoms with van der Waals surface area (Å²) in [6.45, 7) is 12.3. The molecule has 0 bridgehead atoms. The van der Waals surface area contributed by atoms with Gasteiger partial charge in [0.15, 0.2) is 14.1 Å². The molecular formula is C12H23NO2Si. The molecule has 0 saturated heterocycles. The van der Waals surface area contributed by atoms with Gasteiger partial charge in [0.2, 0.25) is 0 Å². The molecule has 1 heterocycles. The maximum atomic E-state index is 11.0. The fourth-order valence-corrected chi connectivity index (χ4v) is 2.24. The van der Waals surface area contributed by atoms with Gasteiger partial charge in [-0.25, -0.2) is 0 Å². The molecule has 0 spiro atoms. The first-order chi connectivity index (χ1) is 7.22. The van der Waals surface area contributed by atoms with Crippen molar-refractivity contribution < 1.29 is 9.22 Å². The standard InChI is InChI=1S/C12H23NO2Si/c1-12(2,3)16(4,5)15-9-10-6-7-11(14)8-13-10/h6-7,10,13H,8-9H2,1-5H3/t10-/m0/s1. The molecule has 0 radical (unpaired) electrons. The minimum Gasteiger partial charge on any atom is -0.415 e. The quantitative estimate of drug-likeness (QED) is 0.769. The van der Waals surface area contributed by atoms with Crippen LogP contribution in [-0.2, 0) is 9.22 Å². The van der Waals surface area contributed by atoms with Gasteiger partial charge in [-0.3, -0.25) is 4.79 Å². The Balaban J connectivity index is 2.46. The normalized spacial score (nSPS) is 22.6. The zero-order valence-electron chi connectivity index (χ0n) is 11.0. The predicted molar refractivity (Wildman–Crippen MR) is 69.1 cm³/mol. The highest BCUT2D eigenvalue weighted by Gasteiger charge is 2.37. The molecule has 0 amide bonds. The van der Waals surface area contributed by atoms with Crippen LogP contribution >= 0.6 is 0 Å². The molecule has 3 nitrogen and oxygen atoms in total. The van der Waals surface area contributed by atoms with E-state index in [0.717, 1.165) is 0 Å². The first-order valence-electron chi connectivity index (χ1n) is 5.81. The first-order valence-corrected chi connectivity index (χ1v) is 8.71. The van der Waals surface area contributed by atoms with E-state index in [0.29, 0.717) is 13.2 Å². The average Bonchev–Trinajstić information content (AvgIpc) is 2.15. The highest BCUT2D eigenvalue weighted by molar-refractivity contribution is 6.74. The number of carbonyl (C=O) groups excluding carboxylic acids is 1. The molecule has 16 heavy (non-hydrogen) atoms. The largest absolute Gasteiger partial charge is 0.415 e. The third-order valence-electron chi connectivity index (χ3n) is 3.48. The van der Waals surface area contributed by atoms with E-state index in [-0.39, 0.29) is 16.9 Å². The smallest absolute Gasteiger partial charge is 0.192 e. The van der Waals surface area contributed by atoms with Crippen molar-refractivity contribution in [3.63, 3.8) is 0 Å². The Bertz CT molecular complexity index is 292. The van der Waals surface area contributed by atoms with Gasteiger partial charge >= 0.3 is 0 Å². The van der Waals surface area contributed by atoms with Crippen LogP contribution in [0.2, 0.25) is 18.1 Å². The Hall–Kier alpha value is -0.453. The van der Waals surface area contributed by atoms with Crippen molar-refractivity contribution in [3.05, 3.63) is 12.2 Å². The number of rotatable bonds is 3. The molecule has 0 aromatic heterocycles. The van der Waals surface area contributed by atoms with Gasteiger partial charge in [0, 0.05) is 6.04 Å². The van der Waals surface area contributed by atoms with Crippen LogP contribution in [-0.4, -0.2) is 33.3 Å². The van der Waals surface area contributed by atoms with Crippen LogP contribution in [0.15, 0.2) is 12.2 Å². The van der Waals surface area contributed by atoms with Crippen LogP contribution < -0.4 is 5.32 Å². The fraction of sp³-hybridized carbons (Fsp3) is 0.750. The summed E-state index contributed by atoms with van der Waals surface area (Å²) in [5.41, 5.74) is 0. The zero-order valence-corrected chi connectivity index (χ0v) is 12.0. The van der Waals surface area contributed by atoms with E-state index in [1.807, 2.05) is 6.08 Å². The number of hydrogen-bond acceptors (Lipinski definition) is 3. The maximum absolute atomic E-state index is 11.0. The summed E-state index contributed by atoms with van der Waals surface area (Å²) in [4.78, 5) is 11.0. The lowest BCUT2D eigenvalue weighted by Crippen LogP contribution is -2.46. The van der Waals surface area contributed by atoms with Crippen LogP contribution in [0.5, 0.6) is 0 Å². The summed E-state index contributed by atoms with van der Waals surface area (Å²) in [7, 11) is -1.66. The van der Waals surface area contributed by atoms with E-state index in [9.17, 15) is 4.79 Å². The fourth-order valence-electron chi connectivity index (χ4n) is 1.21. The minimum atomic E-state index is -1.66. The molecule has 0 aromatic rings. The van der Waals surface area contributed by atoms with Crippen LogP contribution in [0, 0.1) is 0 Å². The molecule has 1 rings (SSSR count). The van der Waals surface area contributed by atoms with E-state index in [2.05, 4.69) is 39.2 Å². The van der Waals surface area contributed by atoms with Gasteiger partial charge in [-0.15, -0.1) is 0 Å². The van der Waals surface area contributed by atoms with Crippen molar-refractivity contribution in [2.45, 2.75) is 44.9 Å². The highest BCUT2D eigenvalue weighted by Crippen LogP contribution is 2.36. The third kappa shape index (κ3) is 3.54. The van der Waals surface area contributed by atoms with Crippen molar-refractivity contribution in [2.75, 3.05) is 13.2 Å². The molecule has 0 fully saturated rings. The average molecular weight is 241 g/mol. The molecule has 4 heteroatoms.